The number of anilines is 1. The summed E-state index contributed by atoms with van der Waals surface area (Å²) in [4.78, 5) is 16.9. The van der Waals surface area contributed by atoms with Crippen molar-refractivity contribution in [2.75, 3.05) is 19.0 Å². The standard InChI is InChI=1S/C21H19ClN2O3/c1-3-27-16-7-4-6-15(13-16)24-21(25)14-9-10-17(19(12-14)26-2)20-18(22)8-5-11-23-20/h4-13H,3H2,1-2H3,(H,24,25). The fraction of sp³-hybridized carbons (Fsp3) is 0.143. The number of benzene rings is 2. The zero-order valence-corrected chi connectivity index (χ0v) is 15.8. The number of hydrogen-bond donors (Lipinski definition) is 1. The van der Waals surface area contributed by atoms with Crippen LogP contribution in [0.15, 0.2) is 60.8 Å². The molecule has 1 aromatic heterocycles. The van der Waals surface area contributed by atoms with Gasteiger partial charge in [0.05, 0.1) is 24.4 Å². The summed E-state index contributed by atoms with van der Waals surface area (Å²) in [6.45, 7) is 2.47. The van der Waals surface area contributed by atoms with Crippen LogP contribution in [0.3, 0.4) is 0 Å². The predicted molar refractivity (Wildman–Crippen MR) is 107 cm³/mol. The number of pyridine rings is 1. The summed E-state index contributed by atoms with van der Waals surface area (Å²) in [6.07, 6.45) is 1.66. The van der Waals surface area contributed by atoms with Crippen LogP contribution >= 0.6 is 11.6 Å². The number of nitrogens with zero attached hydrogens (tertiary/aromatic N) is 1. The Kier molecular flexibility index (Phi) is 5.94. The summed E-state index contributed by atoms with van der Waals surface area (Å²) < 4.78 is 10.9. The maximum Gasteiger partial charge on any atom is 0.255 e. The van der Waals surface area contributed by atoms with E-state index in [-0.39, 0.29) is 5.91 Å². The van der Waals surface area contributed by atoms with Gasteiger partial charge in [-0.05, 0) is 49.4 Å². The summed E-state index contributed by atoms with van der Waals surface area (Å²) in [5.41, 5.74) is 2.44. The van der Waals surface area contributed by atoms with Gasteiger partial charge >= 0.3 is 0 Å². The minimum Gasteiger partial charge on any atom is -0.496 e. The largest absolute Gasteiger partial charge is 0.496 e. The molecule has 3 aromatic rings. The third-order valence-corrected chi connectivity index (χ3v) is 4.19. The predicted octanol–water partition coefficient (Wildman–Crippen LogP) is 5.06. The highest BCUT2D eigenvalue weighted by molar-refractivity contribution is 6.33. The number of hydrogen-bond acceptors (Lipinski definition) is 4. The molecule has 0 radical (unpaired) electrons. The van der Waals surface area contributed by atoms with Gasteiger partial charge < -0.3 is 14.8 Å². The van der Waals surface area contributed by atoms with Gasteiger partial charge in [0.2, 0.25) is 0 Å². The van der Waals surface area contributed by atoms with E-state index in [4.69, 9.17) is 21.1 Å². The Bertz CT molecular complexity index is 960. The lowest BCUT2D eigenvalue weighted by atomic mass is 10.1. The molecule has 0 fully saturated rings. The maximum absolute atomic E-state index is 12.6. The Balaban J connectivity index is 1.86. The van der Waals surface area contributed by atoms with Gasteiger partial charge in [0, 0.05) is 29.1 Å². The Morgan fingerprint density at radius 3 is 2.74 bits per heavy atom. The van der Waals surface area contributed by atoms with Gasteiger partial charge in [0.1, 0.15) is 11.5 Å². The molecule has 0 saturated carbocycles. The van der Waals surface area contributed by atoms with E-state index in [1.807, 2.05) is 19.1 Å². The van der Waals surface area contributed by atoms with E-state index < -0.39 is 0 Å². The van der Waals surface area contributed by atoms with Crippen LogP contribution in [-0.4, -0.2) is 24.6 Å². The Morgan fingerprint density at radius 2 is 2.00 bits per heavy atom. The first-order chi connectivity index (χ1) is 13.1. The van der Waals surface area contributed by atoms with E-state index in [0.29, 0.717) is 40.1 Å². The van der Waals surface area contributed by atoms with Gasteiger partial charge in [-0.15, -0.1) is 0 Å². The Hall–Kier alpha value is -3.05. The molecule has 2 aromatic carbocycles. The SMILES string of the molecule is CCOc1cccc(NC(=O)c2ccc(-c3ncccc3Cl)c(OC)c2)c1. The van der Waals surface area contributed by atoms with E-state index in [1.54, 1.807) is 55.8 Å². The monoisotopic (exact) mass is 382 g/mol. The molecular formula is C21H19ClN2O3. The molecule has 1 amide bonds. The molecule has 1 N–H and O–H groups in total. The van der Waals surface area contributed by atoms with Crippen LogP contribution in [0.1, 0.15) is 17.3 Å². The first-order valence-corrected chi connectivity index (χ1v) is 8.83. The van der Waals surface area contributed by atoms with Gasteiger partial charge in [-0.25, -0.2) is 0 Å². The van der Waals surface area contributed by atoms with Crippen molar-refractivity contribution in [3.8, 4) is 22.8 Å². The summed E-state index contributed by atoms with van der Waals surface area (Å²) in [7, 11) is 1.54. The van der Waals surface area contributed by atoms with Crippen LogP contribution in [-0.2, 0) is 0 Å². The van der Waals surface area contributed by atoms with E-state index in [9.17, 15) is 4.79 Å². The van der Waals surface area contributed by atoms with E-state index >= 15 is 0 Å². The molecule has 3 rings (SSSR count). The van der Waals surface area contributed by atoms with Crippen LogP contribution in [0.4, 0.5) is 5.69 Å². The number of aromatic nitrogens is 1. The first-order valence-electron chi connectivity index (χ1n) is 8.45. The van der Waals surface area contributed by atoms with Gasteiger partial charge in [-0.1, -0.05) is 17.7 Å². The minimum atomic E-state index is -0.249. The van der Waals surface area contributed by atoms with E-state index in [0.717, 1.165) is 5.56 Å². The third-order valence-electron chi connectivity index (χ3n) is 3.88. The molecule has 5 nitrogen and oxygen atoms in total. The second-order valence-corrected chi connectivity index (χ2v) is 6.07. The second-order valence-electron chi connectivity index (χ2n) is 5.66. The fourth-order valence-electron chi connectivity index (χ4n) is 2.65. The number of ether oxygens (including phenoxy) is 2. The molecule has 27 heavy (non-hydrogen) atoms. The molecule has 1 heterocycles. The van der Waals surface area contributed by atoms with Crippen molar-refractivity contribution in [3.05, 3.63) is 71.4 Å². The van der Waals surface area contributed by atoms with Crippen LogP contribution in [0.2, 0.25) is 5.02 Å². The molecular weight excluding hydrogens is 364 g/mol. The maximum atomic E-state index is 12.6. The molecule has 0 atom stereocenters. The molecule has 0 aliphatic carbocycles. The summed E-state index contributed by atoms with van der Waals surface area (Å²) in [5, 5.41) is 3.38. The van der Waals surface area contributed by atoms with E-state index in [2.05, 4.69) is 10.3 Å². The van der Waals surface area contributed by atoms with Crippen molar-refractivity contribution in [1.82, 2.24) is 4.98 Å². The van der Waals surface area contributed by atoms with Crippen molar-refractivity contribution in [2.24, 2.45) is 0 Å². The molecule has 0 aliphatic rings. The van der Waals surface area contributed by atoms with Crippen molar-refractivity contribution >= 4 is 23.2 Å². The number of methoxy groups -OCH3 is 1. The van der Waals surface area contributed by atoms with Crippen molar-refractivity contribution in [1.29, 1.82) is 0 Å². The lowest BCUT2D eigenvalue weighted by Gasteiger charge is -2.12. The summed E-state index contributed by atoms with van der Waals surface area (Å²) in [5.74, 6) is 0.972. The first kappa shape index (κ1) is 18.7. The highest BCUT2D eigenvalue weighted by atomic mass is 35.5. The van der Waals surface area contributed by atoms with Crippen LogP contribution < -0.4 is 14.8 Å². The number of carbonyl (C=O) groups is 1. The number of nitrogens with one attached hydrogen (secondary N) is 1. The van der Waals surface area contributed by atoms with Gasteiger partial charge in [-0.3, -0.25) is 9.78 Å². The normalized spacial score (nSPS) is 10.3. The van der Waals surface area contributed by atoms with Gasteiger partial charge in [0.15, 0.2) is 0 Å². The average Bonchev–Trinajstić information content (AvgIpc) is 2.68. The lowest BCUT2D eigenvalue weighted by Crippen LogP contribution is -2.12. The van der Waals surface area contributed by atoms with Gasteiger partial charge in [-0.2, -0.15) is 0 Å². The molecule has 138 valence electrons. The van der Waals surface area contributed by atoms with Crippen molar-refractivity contribution in [3.63, 3.8) is 0 Å². The molecule has 0 spiro atoms. The fourth-order valence-corrected chi connectivity index (χ4v) is 2.87. The number of amides is 1. The van der Waals surface area contributed by atoms with Crippen LogP contribution in [0.5, 0.6) is 11.5 Å². The van der Waals surface area contributed by atoms with Crippen LogP contribution in [0, 0.1) is 0 Å². The van der Waals surface area contributed by atoms with Crippen LogP contribution in [0.25, 0.3) is 11.3 Å². The Morgan fingerprint density at radius 1 is 1.15 bits per heavy atom. The molecule has 0 saturated heterocycles. The van der Waals surface area contributed by atoms with Gasteiger partial charge in [0.25, 0.3) is 5.91 Å². The number of rotatable bonds is 6. The number of halogens is 1. The Labute approximate surface area is 162 Å². The summed E-state index contributed by atoms with van der Waals surface area (Å²) in [6, 6.07) is 15.9. The van der Waals surface area contributed by atoms with Crippen molar-refractivity contribution in [2.45, 2.75) is 6.92 Å². The smallest absolute Gasteiger partial charge is 0.255 e. The minimum absolute atomic E-state index is 0.249. The van der Waals surface area contributed by atoms with Crippen molar-refractivity contribution < 1.29 is 14.3 Å². The average molecular weight is 383 g/mol. The highest BCUT2D eigenvalue weighted by Crippen LogP contribution is 2.33. The third kappa shape index (κ3) is 4.38. The highest BCUT2D eigenvalue weighted by Gasteiger charge is 2.14. The zero-order chi connectivity index (χ0) is 19.2. The molecule has 6 heteroatoms. The number of carbonyl (C=O) groups excluding carboxylic acids is 1. The molecule has 0 aliphatic heterocycles. The summed E-state index contributed by atoms with van der Waals surface area (Å²) >= 11 is 6.23. The topological polar surface area (TPSA) is 60.5 Å². The molecule has 0 unspecified atom stereocenters. The lowest BCUT2D eigenvalue weighted by molar-refractivity contribution is 0.102. The zero-order valence-electron chi connectivity index (χ0n) is 15.0. The van der Waals surface area contributed by atoms with E-state index in [1.165, 1.54) is 0 Å². The molecule has 0 bridgehead atoms. The quantitative estimate of drug-likeness (QED) is 0.647. The second kappa shape index (κ2) is 8.56.